The summed E-state index contributed by atoms with van der Waals surface area (Å²) in [7, 11) is 0. The fourth-order valence-corrected chi connectivity index (χ4v) is 2.73. The Kier molecular flexibility index (Phi) is 6.38. The van der Waals surface area contributed by atoms with Gasteiger partial charge in [-0.1, -0.05) is 54.1 Å². The predicted octanol–water partition coefficient (Wildman–Crippen LogP) is 3.78. The van der Waals surface area contributed by atoms with Crippen LogP contribution in [0.5, 0.6) is 0 Å². The van der Waals surface area contributed by atoms with E-state index in [-0.39, 0.29) is 30.3 Å². The maximum atomic E-state index is 12.4. The number of amides is 2. The summed E-state index contributed by atoms with van der Waals surface area (Å²) < 4.78 is 0. The van der Waals surface area contributed by atoms with E-state index >= 15 is 0 Å². The van der Waals surface area contributed by atoms with E-state index in [1.54, 1.807) is 6.07 Å². The third-order valence-corrected chi connectivity index (χ3v) is 3.93. The van der Waals surface area contributed by atoms with Gasteiger partial charge < -0.3 is 10.6 Å². The summed E-state index contributed by atoms with van der Waals surface area (Å²) >= 11 is 5.99. The van der Waals surface area contributed by atoms with E-state index in [9.17, 15) is 9.59 Å². The molecule has 2 aromatic rings. The summed E-state index contributed by atoms with van der Waals surface area (Å²) in [6.07, 6.45) is 0.175. The van der Waals surface area contributed by atoms with Crippen molar-refractivity contribution >= 4 is 23.4 Å². The predicted molar refractivity (Wildman–Crippen MR) is 95.6 cm³/mol. The molecule has 2 amide bonds. The molecule has 0 saturated heterocycles. The molecule has 0 bridgehead atoms. The van der Waals surface area contributed by atoms with E-state index in [4.69, 9.17) is 11.6 Å². The first-order chi connectivity index (χ1) is 11.5. The zero-order valence-electron chi connectivity index (χ0n) is 13.8. The van der Waals surface area contributed by atoms with Crippen LogP contribution < -0.4 is 10.6 Å². The Morgan fingerprint density at radius 3 is 2.29 bits per heavy atom. The summed E-state index contributed by atoms with van der Waals surface area (Å²) in [6.45, 7) is 3.35. The average Bonchev–Trinajstić information content (AvgIpc) is 2.54. The van der Waals surface area contributed by atoms with E-state index < -0.39 is 0 Å². The number of halogens is 1. The molecular formula is C19H21ClN2O2. The van der Waals surface area contributed by atoms with E-state index in [2.05, 4.69) is 10.6 Å². The Morgan fingerprint density at radius 2 is 1.67 bits per heavy atom. The smallest absolute Gasteiger partial charge is 0.222 e. The lowest BCUT2D eigenvalue weighted by Gasteiger charge is -2.20. The van der Waals surface area contributed by atoms with Crippen LogP contribution in [0.3, 0.4) is 0 Å². The Morgan fingerprint density at radius 1 is 1.00 bits per heavy atom. The van der Waals surface area contributed by atoms with Gasteiger partial charge in [-0.05, 0) is 30.2 Å². The van der Waals surface area contributed by atoms with Crippen LogP contribution in [0.15, 0.2) is 54.6 Å². The second-order valence-corrected chi connectivity index (χ2v) is 6.15. The van der Waals surface area contributed by atoms with Crippen LogP contribution in [0.2, 0.25) is 5.02 Å². The van der Waals surface area contributed by atoms with Gasteiger partial charge in [-0.25, -0.2) is 0 Å². The molecule has 0 radical (unpaired) electrons. The van der Waals surface area contributed by atoms with E-state index in [0.717, 1.165) is 11.1 Å². The van der Waals surface area contributed by atoms with Crippen molar-refractivity contribution in [2.24, 2.45) is 0 Å². The maximum Gasteiger partial charge on any atom is 0.222 e. The van der Waals surface area contributed by atoms with Crippen LogP contribution in [-0.4, -0.2) is 11.8 Å². The van der Waals surface area contributed by atoms with E-state index in [1.807, 2.05) is 55.5 Å². The lowest BCUT2D eigenvalue weighted by Crippen LogP contribution is -2.33. The Balaban J connectivity index is 2.03. The summed E-state index contributed by atoms with van der Waals surface area (Å²) in [4.78, 5) is 23.8. The Hall–Kier alpha value is -2.33. The molecule has 0 aliphatic rings. The highest BCUT2D eigenvalue weighted by molar-refractivity contribution is 6.30. The molecule has 2 rings (SSSR count). The van der Waals surface area contributed by atoms with Gasteiger partial charge in [0.05, 0.1) is 18.5 Å². The second kappa shape index (κ2) is 8.50. The SMILES string of the molecule is CC(=O)NC(CC(=O)NC(C)c1cccc(Cl)c1)c1ccccc1. The quantitative estimate of drug-likeness (QED) is 0.837. The number of carbonyl (C=O) groups is 2. The van der Waals surface area contributed by atoms with Crippen LogP contribution in [-0.2, 0) is 9.59 Å². The highest BCUT2D eigenvalue weighted by Crippen LogP contribution is 2.20. The van der Waals surface area contributed by atoms with E-state index in [1.165, 1.54) is 6.92 Å². The van der Waals surface area contributed by atoms with Gasteiger partial charge >= 0.3 is 0 Å². The fraction of sp³-hybridized carbons (Fsp3) is 0.263. The monoisotopic (exact) mass is 344 g/mol. The maximum absolute atomic E-state index is 12.4. The molecule has 0 spiro atoms. The lowest BCUT2D eigenvalue weighted by atomic mass is 10.0. The number of rotatable bonds is 6. The molecule has 2 N–H and O–H groups in total. The van der Waals surface area contributed by atoms with Gasteiger partial charge in [0.1, 0.15) is 0 Å². The Labute approximate surface area is 147 Å². The van der Waals surface area contributed by atoms with Crippen molar-refractivity contribution in [3.63, 3.8) is 0 Å². The zero-order chi connectivity index (χ0) is 17.5. The first kappa shape index (κ1) is 18.0. The topological polar surface area (TPSA) is 58.2 Å². The normalized spacial score (nSPS) is 13.0. The van der Waals surface area contributed by atoms with Crippen molar-refractivity contribution in [3.05, 3.63) is 70.7 Å². The molecule has 126 valence electrons. The third-order valence-electron chi connectivity index (χ3n) is 3.70. The second-order valence-electron chi connectivity index (χ2n) is 5.71. The highest BCUT2D eigenvalue weighted by atomic mass is 35.5. The van der Waals surface area contributed by atoms with Crippen molar-refractivity contribution in [3.8, 4) is 0 Å². The number of nitrogens with one attached hydrogen (secondary N) is 2. The Bertz CT molecular complexity index is 704. The third kappa shape index (κ3) is 5.39. The molecule has 2 atom stereocenters. The summed E-state index contributed by atoms with van der Waals surface area (Å²) in [5, 5.41) is 6.41. The van der Waals surface area contributed by atoms with Gasteiger partial charge in [-0.3, -0.25) is 9.59 Å². The van der Waals surface area contributed by atoms with Crippen molar-refractivity contribution < 1.29 is 9.59 Å². The minimum Gasteiger partial charge on any atom is -0.350 e. The van der Waals surface area contributed by atoms with Crippen LogP contribution >= 0.6 is 11.6 Å². The van der Waals surface area contributed by atoms with Gasteiger partial charge in [0, 0.05) is 11.9 Å². The molecule has 0 saturated carbocycles. The summed E-state index contributed by atoms with van der Waals surface area (Å²) in [6, 6.07) is 16.3. The van der Waals surface area contributed by atoms with Crippen molar-refractivity contribution in [2.75, 3.05) is 0 Å². The van der Waals surface area contributed by atoms with Crippen LogP contribution in [0.25, 0.3) is 0 Å². The molecule has 2 aromatic carbocycles. The first-order valence-electron chi connectivity index (χ1n) is 7.82. The molecule has 2 unspecified atom stereocenters. The average molecular weight is 345 g/mol. The lowest BCUT2D eigenvalue weighted by molar-refractivity contribution is -0.123. The number of benzene rings is 2. The number of hydrogen-bond acceptors (Lipinski definition) is 2. The number of hydrogen-bond donors (Lipinski definition) is 2. The van der Waals surface area contributed by atoms with Crippen LogP contribution in [0, 0.1) is 0 Å². The number of carbonyl (C=O) groups excluding carboxylic acids is 2. The summed E-state index contributed by atoms with van der Waals surface area (Å²) in [5.41, 5.74) is 1.84. The van der Waals surface area contributed by atoms with Crippen LogP contribution in [0.1, 0.15) is 43.5 Å². The van der Waals surface area contributed by atoms with Crippen LogP contribution in [0.4, 0.5) is 0 Å². The minimum atomic E-state index is -0.352. The molecule has 0 aliphatic heterocycles. The first-order valence-corrected chi connectivity index (χ1v) is 8.20. The van der Waals surface area contributed by atoms with Gasteiger partial charge in [-0.15, -0.1) is 0 Å². The van der Waals surface area contributed by atoms with Gasteiger partial charge in [0.25, 0.3) is 0 Å². The molecule has 5 heteroatoms. The van der Waals surface area contributed by atoms with Gasteiger partial charge in [0.15, 0.2) is 0 Å². The standard InChI is InChI=1S/C19H21ClN2O2/c1-13(16-9-6-10-17(20)11-16)21-19(24)12-18(22-14(2)23)15-7-4-3-5-8-15/h3-11,13,18H,12H2,1-2H3,(H,21,24)(H,22,23). The van der Waals surface area contributed by atoms with Crippen molar-refractivity contribution in [1.29, 1.82) is 0 Å². The molecule has 0 aliphatic carbocycles. The molecular weight excluding hydrogens is 324 g/mol. The molecule has 0 aromatic heterocycles. The van der Waals surface area contributed by atoms with Gasteiger partial charge in [-0.2, -0.15) is 0 Å². The molecule has 0 heterocycles. The molecule has 4 nitrogen and oxygen atoms in total. The largest absolute Gasteiger partial charge is 0.350 e. The van der Waals surface area contributed by atoms with Crippen molar-refractivity contribution in [2.45, 2.75) is 32.4 Å². The molecule has 0 fully saturated rings. The van der Waals surface area contributed by atoms with Gasteiger partial charge in [0.2, 0.25) is 11.8 Å². The fourth-order valence-electron chi connectivity index (χ4n) is 2.53. The highest BCUT2D eigenvalue weighted by Gasteiger charge is 2.18. The summed E-state index contributed by atoms with van der Waals surface area (Å²) in [5.74, 6) is -0.301. The molecule has 24 heavy (non-hydrogen) atoms. The van der Waals surface area contributed by atoms with Crippen molar-refractivity contribution in [1.82, 2.24) is 10.6 Å². The van der Waals surface area contributed by atoms with E-state index in [0.29, 0.717) is 5.02 Å². The zero-order valence-corrected chi connectivity index (χ0v) is 14.5. The minimum absolute atomic E-state index is 0.134.